The zero-order chi connectivity index (χ0) is 20.2. The molecule has 0 aromatic heterocycles. The Labute approximate surface area is 155 Å². The van der Waals surface area contributed by atoms with Gasteiger partial charge in [-0.2, -0.15) is 0 Å². The first kappa shape index (κ1) is 20.3. The van der Waals surface area contributed by atoms with Crippen molar-refractivity contribution in [3.63, 3.8) is 0 Å². The molecular weight excluding hydrogens is 377 g/mol. The summed E-state index contributed by atoms with van der Waals surface area (Å²) in [5.74, 6) is -1.52. The SMILES string of the molecule is CC[C@H](C(=O)Nc1cccc([N+](=O)[O-])c1)N(c1ccccc1F)S(C)(=O)=O. The van der Waals surface area contributed by atoms with E-state index < -0.39 is 32.7 Å². The number of nitro groups is 1. The molecule has 10 heteroatoms. The maximum atomic E-state index is 14.2. The van der Waals surface area contributed by atoms with Crippen LogP contribution in [0.25, 0.3) is 0 Å². The molecule has 1 atom stereocenters. The molecule has 0 aliphatic rings. The second-order valence-electron chi connectivity index (χ2n) is 5.73. The predicted molar refractivity (Wildman–Crippen MR) is 99.5 cm³/mol. The normalized spacial score (nSPS) is 12.3. The number of carbonyl (C=O) groups excluding carboxylic acids is 1. The highest BCUT2D eigenvalue weighted by Gasteiger charge is 2.33. The molecule has 0 saturated carbocycles. The highest BCUT2D eigenvalue weighted by Crippen LogP contribution is 2.26. The predicted octanol–water partition coefficient (Wildman–Crippen LogP) is 2.92. The number of non-ortho nitro benzene ring substituents is 1. The number of nitrogens with zero attached hydrogens (tertiary/aromatic N) is 2. The lowest BCUT2D eigenvalue weighted by Gasteiger charge is -2.30. The average molecular weight is 395 g/mol. The molecule has 0 saturated heterocycles. The summed E-state index contributed by atoms with van der Waals surface area (Å²) in [5.41, 5.74) is -0.342. The maximum absolute atomic E-state index is 14.2. The third-order valence-electron chi connectivity index (χ3n) is 3.74. The Kier molecular flexibility index (Phi) is 6.11. The van der Waals surface area contributed by atoms with Crippen LogP contribution in [0.4, 0.5) is 21.5 Å². The molecule has 0 heterocycles. The maximum Gasteiger partial charge on any atom is 0.271 e. The summed E-state index contributed by atoms with van der Waals surface area (Å²) in [6.07, 6.45) is 0.935. The Hall–Kier alpha value is -3.01. The number of nitro benzene ring substituents is 1. The standard InChI is InChI=1S/C17H18FN3O5S/c1-3-15(17(22)19-12-7-6-8-13(11-12)21(23)24)20(27(2,25)26)16-10-5-4-9-14(16)18/h4-11,15H,3H2,1-2H3,(H,19,22)/t15-/m1/s1. The molecule has 0 fully saturated rings. The largest absolute Gasteiger partial charge is 0.324 e. The Morgan fingerprint density at radius 3 is 2.48 bits per heavy atom. The van der Waals surface area contributed by atoms with Gasteiger partial charge in [0.25, 0.3) is 5.69 Å². The Bertz CT molecular complexity index is 965. The van der Waals surface area contributed by atoms with E-state index in [1.54, 1.807) is 6.92 Å². The molecule has 2 aromatic rings. The van der Waals surface area contributed by atoms with Crippen LogP contribution < -0.4 is 9.62 Å². The summed E-state index contributed by atoms with van der Waals surface area (Å²) in [7, 11) is -3.99. The van der Waals surface area contributed by atoms with Crippen molar-refractivity contribution in [3.05, 3.63) is 64.5 Å². The van der Waals surface area contributed by atoms with Gasteiger partial charge in [-0.1, -0.05) is 25.1 Å². The third-order valence-corrected chi connectivity index (χ3v) is 4.91. The van der Waals surface area contributed by atoms with Crippen LogP contribution in [0.15, 0.2) is 48.5 Å². The van der Waals surface area contributed by atoms with Crippen molar-refractivity contribution in [1.29, 1.82) is 0 Å². The number of nitrogens with one attached hydrogen (secondary N) is 1. The second-order valence-corrected chi connectivity index (χ2v) is 7.59. The number of hydrogen-bond acceptors (Lipinski definition) is 5. The Morgan fingerprint density at radius 1 is 1.26 bits per heavy atom. The summed E-state index contributed by atoms with van der Waals surface area (Å²) < 4.78 is 39.5. The molecule has 144 valence electrons. The van der Waals surface area contributed by atoms with E-state index in [1.807, 2.05) is 0 Å². The molecule has 0 unspecified atom stereocenters. The molecule has 2 rings (SSSR count). The first-order valence-electron chi connectivity index (χ1n) is 7.94. The highest BCUT2D eigenvalue weighted by atomic mass is 32.2. The molecule has 0 bridgehead atoms. The first-order valence-corrected chi connectivity index (χ1v) is 9.79. The smallest absolute Gasteiger partial charge is 0.271 e. The van der Waals surface area contributed by atoms with Crippen LogP contribution >= 0.6 is 0 Å². The van der Waals surface area contributed by atoms with Crippen LogP contribution in [-0.2, 0) is 14.8 Å². The van der Waals surface area contributed by atoms with Gasteiger partial charge < -0.3 is 5.32 Å². The van der Waals surface area contributed by atoms with Crippen LogP contribution in [0, 0.1) is 15.9 Å². The molecule has 0 spiro atoms. The van der Waals surface area contributed by atoms with Gasteiger partial charge in [0.1, 0.15) is 11.9 Å². The summed E-state index contributed by atoms with van der Waals surface area (Å²) in [5, 5.41) is 13.3. The number of para-hydroxylation sites is 1. The Balaban J connectivity index is 2.40. The molecule has 1 N–H and O–H groups in total. The minimum atomic E-state index is -3.99. The fraction of sp³-hybridized carbons (Fsp3) is 0.235. The lowest BCUT2D eigenvalue weighted by Crippen LogP contribution is -2.47. The molecule has 27 heavy (non-hydrogen) atoms. The van der Waals surface area contributed by atoms with E-state index in [-0.39, 0.29) is 23.5 Å². The van der Waals surface area contributed by atoms with Crippen molar-refractivity contribution in [3.8, 4) is 0 Å². The molecule has 2 aromatic carbocycles. The van der Waals surface area contributed by atoms with Gasteiger partial charge in [-0.25, -0.2) is 12.8 Å². The number of sulfonamides is 1. The zero-order valence-corrected chi connectivity index (χ0v) is 15.4. The lowest BCUT2D eigenvalue weighted by atomic mass is 10.1. The number of hydrogen-bond donors (Lipinski definition) is 1. The molecule has 0 aliphatic heterocycles. The van der Waals surface area contributed by atoms with Crippen molar-refractivity contribution in [2.24, 2.45) is 0 Å². The quantitative estimate of drug-likeness (QED) is 0.573. The van der Waals surface area contributed by atoms with Gasteiger partial charge in [0.05, 0.1) is 16.9 Å². The van der Waals surface area contributed by atoms with Gasteiger partial charge >= 0.3 is 0 Å². The monoisotopic (exact) mass is 395 g/mol. The van der Waals surface area contributed by atoms with E-state index in [1.165, 1.54) is 36.4 Å². The molecule has 0 radical (unpaired) electrons. The average Bonchev–Trinajstić information content (AvgIpc) is 2.59. The topological polar surface area (TPSA) is 110 Å². The van der Waals surface area contributed by atoms with E-state index in [0.717, 1.165) is 22.7 Å². The summed E-state index contributed by atoms with van der Waals surface area (Å²) in [4.78, 5) is 22.9. The summed E-state index contributed by atoms with van der Waals surface area (Å²) in [6, 6.07) is 9.22. The van der Waals surface area contributed by atoms with E-state index in [0.29, 0.717) is 0 Å². The van der Waals surface area contributed by atoms with E-state index in [2.05, 4.69) is 5.32 Å². The lowest BCUT2D eigenvalue weighted by molar-refractivity contribution is -0.384. The minimum absolute atomic E-state index is 0.0577. The van der Waals surface area contributed by atoms with Gasteiger partial charge in [-0.3, -0.25) is 19.2 Å². The first-order chi connectivity index (χ1) is 12.6. The van der Waals surface area contributed by atoms with Crippen molar-refractivity contribution >= 4 is 33.0 Å². The summed E-state index contributed by atoms with van der Waals surface area (Å²) in [6.45, 7) is 1.58. The van der Waals surface area contributed by atoms with E-state index in [9.17, 15) is 27.7 Å². The van der Waals surface area contributed by atoms with Crippen LogP contribution in [0.1, 0.15) is 13.3 Å². The minimum Gasteiger partial charge on any atom is -0.324 e. The zero-order valence-electron chi connectivity index (χ0n) is 14.6. The second kappa shape index (κ2) is 8.12. The number of anilines is 2. The number of rotatable bonds is 7. The van der Waals surface area contributed by atoms with Gasteiger partial charge in [0.15, 0.2) is 0 Å². The fourth-order valence-electron chi connectivity index (χ4n) is 2.59. The number of halogens is 1. The van der Waals surface area contributed by atoms with E-state index >= 15 is 0 Å². The highest BCUT2D eigenvalue weighted by molar-refractivity contribution is 7.92. The molecule has 8 nitrogen and oxygen atoms in total. The van der Waals surface area contributed by atoms with Crippen molar-refractivity contribution in [1.82, 2.24) is 0 Å². The Morgan fingerprint density at radius 2 is 1.93 bits per heavy atom. The van der Waals surface area contributed by atoms with Crippen molar-refractivity contribution in [2.75, 3.05) is 15.9 Å². The van der Waals surface area contributed by atoms with Crippen LogP contribution in [-0.4, -0.2) is 31.5 Å². The summed E-state index contributed by atoms with van der Waals surface area (Å²) >= 11 is 0. The molecule has 1 amide bonds. The van der Waals surface area contributed by atoms with Crippen molar-refractivity contribution < 1.29 is 22.5 Å². The van der Waals surface area contributed by atoms with E-state index in [4.69, 9.17) is 0 Å². The van der Waals surface area contributed by atoms with Gasteiger partial charge in [0.2, 0.25) is 15.9 Å². The molecular formula is C17H18FN3O5S. The van der Waals surface area contributed by atoms with Crippen LogP contribution in [0.3, 0.4) is 0 Å². The van der Waals surface area contributed by atoms with Gasteiger partial charge in [0, 0.05) is 17.8 Å². The molecule has 0 aliphatic carbocycles. The number of amides is 1. The number of carbonyl (C=O) groups is 1. The van der Waals surface area contributed by atoms with Gasteiger partial charge in [-0.05, 0) is 24.6 Å². The van der Waals surface area contributed by atoms with Crippen molar-refractivity contribution in [2.45, 2.75) is 19.4 Å². The van der Waals surface area contributed by atoms with Gasteiger partial charge in [-0.15, -0.1) is 0 Å². The fourth-order valence-corrected chi connectivity index (χ4v) is 3.80. The number of benzene rings is 2. The van der Waals surface area contributed by atoms with Crippen LogP contribution in [0.5, 0.6) is 0 Å². The van der Waals surface area contributed by atoms with Crippen LogP contribution in [0.2, 0.25) is 0 Å². The third kappa shape index (κ3) is 4.79.